The van der Waals surface area contributed by atoms with Gasteiger partial charge >= 0.3 is 0 Å². The van der Waals surface area contributed by atoms with Crippen molar-refractivity contribution in [3.63, 3.8) is 0 Å². The van der Waals surface area contributed by atoms with Crippen molar-refractivity contribution in [2.24, 2.45) is 0 Å². The first-order valence-corrected chi connectivity index (χ1v) is 6.74. The summed E-state index contributed by atoms with van der Waals surface area (Å²) in [6, 6.07) is 16.5. The van der Waals surface area contributed by atoms with E-state index in [0.717, 1.165) is 0 Å². The van der Waals surface area contributed by atoms with Crippen molar-refractivity contribution >= 4 is 12.2 Å². The fourth-order valence-corrected chi connectivity index (χ4v) is 1.77. The number of allylic oxidation sites excluding steroid dienone is 8. The van der Waals surface area contributed by atoms with Crippen LogP contribution in [0.5, 0.6) is 0 Å². The van der Waals surface area contributed by atoms with Gasteiger partial charge in [0.1, 0.15) is 0 Å². The van der Waals surface area contributed by atoms with Gasteiger partial charge < -0.3 is 0 Å². The summed E-state index contributed by atoms with van der Waals surface area (Å²) in [4.78, 5) is 0. The summed E-state index contributed by atoms with van der Waals surface area (Å²) in [5.41, 5.74) is 2.36. The second kappa shape index (κ2) is 8.49. The lowest BCUT2D eigenvalue weighted by atomic mass is 10.1. The number of fused-ring (bicyclic) bond motifs is 1. The zero-order valence-corrected chi connectivity index (χ0v) is 11.4. The summed E-state index contributed by atoms with van der Waals surface area (Å²) in [6.07, 6.45) is 20.5. The van der Waals surface area contributed by atoms with Gasteiger partial charge in [0.05, 0.1) is 0 Å². The van der Waals surface area contributed by atoms with Crippen LogP contribution in [0.3, 0.4) is 0 Å². The molecule has 0 atom stereocenters. The predicted octanol–water partition coefficient (Wildman–Crippen LogP) is 5.52. The summed E-state index contributed by atoms with van der Waals surface area (Å²) in [5.74, 6) is 0. The molecule has 0 bridgehead atoms. The van der Waals surface area contributed by atoms with Crippen LogP contribution >= 0.6 is 0 Å². The average Bonchev–Trinajstić information content (AvgIpc) is 2.46. The Morgan fingerprint density at radius 3 is 1.15 bits per heavy atom. The molecule has 1 aliphatic carbocycles. The molecule has 1 aliphatic rings. The zero-order chi connectivity index (χ0) is 13.9. The summed E-state index contributed by atoms with van der Waals surface area (Å²) in [5, 5.41) is 0. The monoisotopic (exact) mass is 258 g/mol. The molecule has 20 heavy (non-hydrogen) atoms. The van der Waals surface area contributed by atoms with Gasteiger partial charge in [-0.25, -0.2) is 0 Å². The molecule has 0 unspecified atom stereocenters. The highest BCUT2D eigenvalue weighted by Crippen LogP contribution is 2.11. The second-order valence-electron chi connectivity index (χ2n) is 4.27. The van der Waals surface area contributed by atoms with E-state index in [4.69, 9.17) is 0 Å². The van der Waals surface area contributed by atoms with E-state index >= 15 is 0 Å². The second-order valence-corrected chi connectivity index (χ2v) is 4.27. The average molecular weight is 258 g/mol. The Kier molecular flexibility index (Phi) is 5.87. The van der Waals surface area contributed by atoms with E-state index in [9.17, 15) is 0 Å². The lowest BCUT2D eigenvalue weighted by Crippen LogP contribution is -1.76. The molecule has 0 nitrogen and oxygen atoms in total. The largest absolute Gasteiger partial charge is 0.0623 e. The van der Waals surface area contributed by atoms with E-state index < -0.39 is 0 Å². The first-order valence-electron chi connectivity index (χ1n) is 6.74. The molecule has 0 spiro atoms. The van der Waals surface area contributed by atoms with Gasteiger partial charge in [0.25, 0.3) is 0 Å². The van der Waals surface area contributed by atoms with Crippen molar-refractivity contribution in [2.45, 2.75) is 0 Å². The summed E-state index contributed by atoms with van der Waals surface area (Å²) < 4.78 is 0. The summed E-state index contributed by atoms with van der Waals surface area (Å²) >= 11 is 0. The molecule has 0 saturated heterocycles. The van der Waals surface area contributed by atoms with Crippen LogP contribution in [0.15, 0.2) is 97.1 Å². The molecular weight excluding hydrogens is 240 g/mol. The zero-order valence-electron chi connectivity index (χ0n) is 11.4. The smallest absolute Gasteiger partial charge is 0.0184 e. The maximum atomic E-state index is 2.12. The van der Waals surface area contributed by atoms with Gasteiger partial charge in [-0.2, -0.15) is 0 Å². The van der Waals surface area contributed by atoms with Crippen LogP contribution in [0.1, 0.15) is 11.1 Å². The molecule has 98 valence electrons. The Morgan fingerprint density at radius 2 is 0.700 bits per heavy atom. The molecule has 0 aromatic heterocycles. The maximum absolute atomic E-state index is 2.12. The van der Waals surface area contributed by atoms with Crippen molar-refractivity contribution in [1.82, 2.24) is 0 Å². The van der Waals surface area contributed by atoms with Crippen LogP contribution in [0.2, 0.25) is 0 Å². The SMILES string of the molecule is C1=C\C=C\C=C/C=C/c2ccccccccc2\C=C/1. The molecular formula is C20H18. The van der Waals surface area contributed by atoms with Gasteiger partial charge in [0.2, 0.25) is 0 Å². The summed E-state index contributed by atoms with van der Waals surface area (Å²) in [6.45, 7) is 0. The Morgan fingerprint density at radius 1 is 0.350 bits per heavy atom. The minimum Gasteiger partial charge on any atom is -0.0623 e. The van der Waals surface area contributed by atoms with E-state index in [1.165, 1.54) is 11.1 Å². The van der Waals surface area contributed by atoms with Crippen molar-refractivity contribution in [2.75, 3.05) is 0 Å². The third kappa shape index (κ3) is 4.95. The molecule has 0 heteroatoms. The van der Waals surface area contributed by atoms with Crippen molar-refractivity contribution in [3.05, 3.63) is 108 Å². The fraction of sp³-hybridized carbons (Fsp3) is 0. The minimum atomic E-state index is 1.18. The van der Waals surface area contributed by atoms with Crippen LogP contribution in [0.4, 0.5) is 0 Å². The van der Waals surface area contributed by atoms with E-state index in [1.807, 2.05) is 60.7 Å². The van der Waals surface area contributed by atoms with Crippen molar-refractivity contribution in [3.8, 4) is 0 Å². The van der Waals surface area contributed by atoms with Gasteiger partial charge in [-0.3, -0.25) is 0 Å². The summed E-state index contributed by atoms with van der Waals surface area (Å²) in [7, 11) is 0. The predicted molar refractivity (Wildman–Crippen MR) is 89.6 cm³/mol. The quantitative estimate of drug-likeness (QED) is 0.574. The van der Waals surface area contributed by atoms with Gasteiger partial charge in [0.15, 0.2) is 0 Å². The van der Waals surface area contributed by atoms with Crippen LogP contribution in [0, 0.1) is 0 Å². The molecule has 2 rings (SSSR count). The first-order chi connectivity index (χ1) is 9.97. The highest BCUT2D eigenvalue weighted by atomic mass is 13.9. The lowest BCUT2D eigenvalue weighted by molar-refractivity contribution is 1.63. The van der Waals surface area contributed by atoms with Crippen LogP contribution in [-0.4, -0.2) is 0 Å². The molecule has 0 aliphatic heterocycles. The highest BCUT2D eigenvalue weighted by Gasteiger charge is 1.90. The van der Waals surface area contributed by atoms with E-state index in [-0.39, 0.29) is 0 Å². The van der Waals surface area contributed by atoms with Gasteiger partial charge in [-0.05, 0) is 11.1 Å². The molecule has 0 amide bonds. The Balaban J connectivity index is 2.56. The third-order valence-corrected chi connectivity index (χ3v) is 2.77. The molecule has 0 heterocycles. The van der Waals surface area contributed by atoms with E-state index in [0.29, 0.717) is 0 Å². The Hall–Kier alpha value is -2.60. The molecule has 0 radical (unpaired) electrons. The van der Waals surface area contributed by atoms with E-state index in [2.05, 4.69) is 48.6 Å². The lowest BCUT2D eigenvalue weighted by Gasteiger charge is -1.97. The van der Waals surface area contributed by atoms with Crippen LogP contribution in [-0.2, 0) is 0 Å². The molecule has 0 saturated carbocycles. The van der Waals surface area contributed by atoms with Gasteiger partial charge in [0, 0.05) is 0 Å². The fourth-order valence-electron chi connectivity index (χ4n) is 1.77. The normalized spacial score (nSPS) is 21.0. The third-order valence-electron chi connectivity index (χ3n) is 2.77. The minimum absolute atomic E-state index is 1.18. The number of rotatable bonds is 0. The van der Waals surface area contributed by atoms with Crippen molar-refractivity contribution < 1.29 is 0 Å². The highest BCUT2D eigenvalue weighted by molar-refractivity contribution is 5.65. The Bertz CT molecular complexity index is 569. The standard InChI is InChI=1S/C20H18/c1-2-4-8-12-16-20-18-14-10-6-5-9-13-17-19(20)15-11-7-3-1/h1-18H/b2-1+,3-1?,4-2?,6-5?,7-3-,8-4-,9-5?,10-6?,11-7?,12-8?,13-9?,14-10?,15-11-,16-12+,17-13?,18-14?,19-15?,19-17?,20-16?,20-18?,20-19?. The van der Waals surface area contributed by atoms with E-state index in [1.54, 1.807) is 0 Å². The topological polar surface area (TPSA) is 0 Å². The van der Waals surface area contributed by atoms with Gasteiger partial charge in [-0.15, -0.1) is 0 Å². The molecule has 1 aromatic carbocycles. The number of hydrogen-bond acceptors (Lipinski definition) is 0. The molecule has 1 aromatic rings. The van der Waals surface area contributed by atoms with Crippen LogP contribution in [0.25, 0.3) is 12.2 Å². The number of hydrogen-bond donors (Lipinski definition) is 0. The Labute approximate surface area is 121 Å². The first kappa shape index (κ1) is 13.8. The molecule has 0 N–H and O–H groups in total. The van der Waals surface area contributed by atoms with Gasteiger partial charge in [-0.1, -0.05) is 109 Å². The van der Waals surface area contributed by atoms with Crippen molar-refractivity contribution in [1.29, 1.82) is 0 Å². The molecule has 0 fully saturated rings. The maximum Gasteiger partial charge on any atom is -0.0184 e. The van der Waals surface area contributed by atoms with Crippen LogP contribution < -0.4 is 0 Å².